The second kappa shape index (κ2) is 7.24. The molecule has 0 heterocycles. The molecule has 0 aliphatic rings. The maximum atomic E-state index is 12.2. The first-order chi connectivity index (χ1) is 10.2. The lowest BCUT2D eigenvalue weighted by molar-refractivity contribution is 0.0729. The lowest BCUT2D eigenvalue weighted by Gasteiger charge is -2.10. The van der Waals surface area contributed by atoms with Crippen molar-refractivity contribution in [1.29, 1.82) is 0 Å². The summed E-state index contributed by atoms with van der Waals surface area (Å²) in [6, 6.07) is 13.4. The van der Waals surface area contributed by atoms with Crippen LogP contribution in [0.1, 0.15) is 34.1 Å². The van der Waals surface area contributed by atoms with Crippen LogP contribution < -0.4 is 9.47 Å². The molecule has 4 heteroatoms. The summed E-state index contributed by atoms with van der Waals surface area (Å²) in [6.07, 6.45) is 1.56. The molecular formula is C17H16O4. The quantitative estimate of drug-likeness (QED) is 0.463. The van der Waals surface area contributed by atoms with Crippen LogP contribution in [0.3, 0.4) is 0 Å². The van der Waals surface area contributed by atoms with Crippen LogP contribution in [0.2, 0.25) is 0 Å². The van der Waals surface area contributed by atoms with E-state index >= 15 is 0 Å². The van der Waals surface area contributed by atoms with Crippen molar-refractivity contribution < 1.29 is 19.1 Å². The normalized spacial score (nSPS) is 9.95. The Hall–Kier alpha value is -2.62. The zero-order valence-electron chi connectivity index (χ0n) is 11.7. The number of hydrogen-bond acceptors (Lipinski definition) is 4. The van der Waals surface area contributed by atoms with Gasteiger partial charge in [-0.1, -0.05) is 31.2 Å². The fourth-order valence-corrected chi connectivity index (χ4v) is 1.79. The zero-order chi connectivity index (χ0) is 15.1. The summed E-state index contributed by atoms with van der Waals surface area (Å²) in [7, 11) is 0. The molecule has 4 nitrogen and oxygen atoms in total. The van der Waals surface area contributed by atoms with Crippen molar-refractivity contribution in [2.45, 2.75) is 13.3 Å². The summed E-state index contributed by atoms with van der Waals surface area (Å²) in [5.41, 5.74) is 0.818. The summed E-state index contributed by atoms with van der Waals surface area (Å²) >= 11 is 0. The van der Waals surface area contributed by atoms with E-state index in [1.807, 2.05) is 6.92 Å². The largest absolute Gasteiger partial charge is 0.493 e. The van der Waals surface area contributed by atoms with Gasteiger partial charge in [0.15, 0.2) is 0 Å². The molecule has 2 rings (SSSR count). The Morgan fingerprint density at radius 3 is 2.71 bits per heavy atom. The minimum absolute atomic E-state index is 0.329. The van der Waals surface area contributed by atoms with Gasteiger partial charge in [-0.15, -0.1) is 0 Å². The average molecular weight is 284 g/mol. The van der Waals surface area contributed by atoms with Gasteiger partial charge in [-0.25, -0.2) is 4.79 Å². The van der Waals surface area contributed by atoms with Crippen molar-refractivity contribution in [2.75, 3.05) is 6.61 Å². The summed E-state index contributed by atoms with van der Waals surface area (Å²) in [6.45, 7) is 2.52. The first-order valence-corrected chi connectivity index (χ1v) is 6.74. The average Bonchev–Trinajstić information content (AvgIpc) is 2.53. The van der Waals surface area contributed by atoms with Gasteiger partial charge < -0.3 is 9.47 Å². The molecule has 0 aromatic heterocycles. The first-order valence-electron chi connectivity index (χ1n) is 6.74. The molecule has 0 unspecified atom stereocenters. The van der Waals surface area contributed by atoms with Crippen LogP contribution >= 0.6 is 0 Å². The van der Waals surface area contributed by atoms with Gasteiger partial charge in [-0.05, 0) is 30.7 Å². The van der Waals surface area contributed by atoms with Crippen LogP contribution in [0, 0.1) is 0 Å². The van der Waals surface area contributed by atoms with Crippen molar-refractivity contribution in [2.24, 2.45) is 0 Å². The predicted molar refractivity (Wildman–Crippen MR) is 79.0 cm³/mol. The Morgan fingerprint density at radius 2 is 1.95 bits per heavy atom. The molecule has 2 aromatic carbocycles. The molecular weight excluding hydrogens is 268 g/mol. The molecule has 0 saturated carbocycles. The van der Waals surface area contributed by atoms with Crippen LogP contribution in [-0.2, 0) is 0 Å². The minimum atomic E-state index is -0.509. The van der Waals surface area contributed by atoms with E-state index in [4.69, 9.17) is 9.47 Å². The highest BCUT2D eigenvalue weighted by Gasteiger charge is 2.14. The van der Waals surface area contributed by atoms with Gasteiger partial charge in [0, 0.05) is 5.56 Å². The monoisotopic (exact) mass is 284 g/mol. The van der Waals surface area contributed by atoms with Crippen LogP contribution in [0.25, 0.3) is 0 Å². The van der Waals surface area contributed by atoms with Gasteiger partial charge >= 0.3 is 5.97 Å². The molecule has 108 valence electrons. The van der Waals surface area contributed by atoms with Gasteiger partial charge in [0.2, 0.25) is 0 Å². The second-order valence-electron chi connectivity index (χ2n) is 4.42. The summed E-state index contributed by atoms with van der Waals surface area (Å²) in [5, 5.41) is 0. The maximum absolute atomic E-state index is 12.2. The molecule has 2 aromatic rings. The molecule has 0 atom stereocenters. The Labute approximate surface area is 123 Å². The van der Waals surface area contributed by atoms with E-state index in [1.54, 1.807) is 42.5 Å². The van der Waals surface area contributed by atoms with E-state index in [2.05, 4.69) is 0 Å². The third kappa shape index (κ3) is 3.92. The second-order valence-corrected chi connectivity index (χ2v) is 4.42. The number of benzene rings is 2. The van der Waals surface area contributed by atoms with E-state index in [1.165, 1.54) is 6.07 Å². The molecule has 0 fully saturated rings. The summed E-state index contributed by atoms with van der Waals surface area (Å²) in [5.74, 6) is 0.315. The Balaban J connectivity index is 2.18. The predicted octanol–water partition coefficient (Wildman–Crippen LogP) is 3.51. The Kier molecular flexibility index (Phi) is 5.10. The van der Waals surface area contributed by atoms with Crippen LogP contribution in [0.4, 0.5) is 0 Å². The van der Waals surface area contributed by atoms with E-state index < -0.39 is 5.97 Å². The third-order valence-electron chi connectivity index (χ3n) is 2.77. The summed E-state index contributed by atoms with van der Waals surface area (Å²) in [4.78, 5) is 22.9. The Bertz CT molecular complexity index is 634. The molecule has 0 aliphatic heterocycles. The number of para-hydroxylation sites is 1. The number of rotatable bonds is 6. The van der Waals surface area contributed by atoms with Gasteiger partial charge in [0.1, 0.15) is 23.3 Å². The van der Waals surface area contributed by atoms with Gasteiger partial charge in [-0.2, -0.15) is 0 Å². The number of ether oxygens (including phenoxy) is 2. The molecule has 0 spiro atoms. The maximum Gasteiger partial charge on any atom is 0.347 e. The smallest absolute Gasteiger partial charge is 0.347 e. The van der Waals surface area contributed by atoms with Crippen molar-refractivity contribution >= 4 is 12.3 Å². The van der Waals surface area contributed by atoms with Gasteiger partial charge in [-0.3, -0.25) is 4.79 Å². The van der Waals surface area contributed by atoms with Crippen molar-refractivity contribution in [3.05, 3.63) is 59.7 Å². The van der Waals surface area contributed by atoms with Crippen LogP contribution in [0.5, 0.6) is 11.5 Å². The van der Waals surface area contributed by atoms with Gasteiger partial charge in [0.25, 0.3) is 0 Å². The number of carbonyl (C=O) groups excluding carboxylic acids is 2. The first kappa shape index (κ1) is 14.8. The number of carbonyl (C=O) groups is 2. The lowest BCUT2D eigenvalue weighted by atomic mass is 10.2. The zero-order valence-corrected chi connectivity index (χ0v) is 11.7. The number of esters is 1. The highest BCUT2D eigenvalue weighted by atomic mass is 16.5. The fraction of sp³-hybridized carbons (Fsp3) is 0.176. The topological polar surface area (TPSA) is 52.6 Å². The molecule has 0 radical (unpaired) electrons. The molecule has 21 heavy (non-hydrogen) atoms. The molecule has 0 aliphatic carbocycles. The van der Waals surface area contributed by atoms with Crippen LogP contribution in [0.15, 0.2) is 48.5 Å². The summed E-state index contributed by atoms with van der Waals surface area (Å²) < 4.78 is 10.8. The van der Waals surface area contributed by atoms with E-state index in [0.717, 1.165) is 6.42 Å². The molecule has 0 saturated heterocycles. The van der Waals surface area contributed by atoms with Gasteiger partial charge in [0.05, 0.1) is 6.61 Å². The Morgan fingerprint density at radius 1 is 1.14 bits per heavy atom. The highest BCUT2D eigenvalue weighted by molar-refractivity contribution is 5.94. The van der Waals surface area contributed by atoms with E-state index in [0.29, 0.717) is 35.5 Å². The fourth-order valence-electron chi connectivity index (χ4n) is 1.79. The molecule has 0 N–H and O–H groups in total. The van der Waals surface area contributed by atoms with E-state index in [-0.39, 0.29) is 0 Å². The minimum Gasteiger partial charge on any atom is -0.493 e. The van der Waals surface area contributed by atoms with Crippen molar-refractivity contribution in [3.8, 4) is 11.5 Å². The SMILES string of the molecule is CCCOc1ccccc1C(=O)Oc1cccc(C=O)c1. The standard InChI is InChI=1S/C17H16O4/c1-2-10-20-16-9-4-3-8-15(16)17(19)21-14-7-5-6-13(11-14)12-18/h3-9,11-12H,2,10H2,1H3. The van der Waals surface area contributed by atoms with Crippen LogP contribution in [-0.4, -0.2) is 18.9 Å². The molecule has 0 bridgehead atoms. The lowest BCUT2D eigenvalue weighted by Crippen LogP contribution is -2.11. The van der Waals surface area contributed by atoms with Crippen molar-refractivity contribution in [1.82, 2.24) is 0 Å². The highest BCUT2D eigenvalue weighted by Crippen LogP contribution is 2.21. The molecule has 0 amide bonds. The van der Waals surface area contributed by atoms with E-state index in [9.17, 15) is 9.59 Å². The van der Waals surface area contributed by atoms with Crippen molar-refractivity contribution in [3.63, 3.8) is 0 Å². The number of aldehydes is 1. The third-order valence-corrected chi connectivity index (χ3v) is 2.77. The number of hydrogen-bond donors (Lipinski definition) is 0.